The second-order valence-corrected chi connectivity index (χ2v) is 5.13. The Morgan fingerprint density at radius 3 is 2.59 bits per heavy atom. The van der Waals surface area contributed by atoms with E-state index >= 15 is 0 Å². The molecule has 0 radical (unpaired) electrons. The molecule has 2 N–H and O–H groups in total. The Hall–Kier alpha value is -2.44. The van der Waals surface area contributed by atoms with E-state index in [0.29, 0.717) is 22.8 Å². The minimum atomic E-state index is -1.55. The Balaban J connectivity index is 1.90. The van der Waals surface area contributed by atoms with Crippen LogP contribution in [0.5, 0.6) is 0 Å². The van der Waals surface area contributed by atoms with Crippen molar-refractivity contribution in [3.63, 3.8) is 0 Å². The number of hydrogen-bond acceptors (Lipinski definition) is 4. The highest BCUT2D eigenvalue weighted by Crippen LogP contribution is 2.07. The highest BCUT2D eigenvalue weighted by atomic mass is 16.4. The van der Waals surface area contributed by atoms with Crippen LogP contribution in [0.15, 0.2) is 59.5 Å². The van der Waals surface area contributed by atoms with E-state index in [4.69, 9.17) is 10.0 Å². The molecule has 0 spiro atoms. The molecule has 0 atom stereocenters. The van der Waals surface area contributed by atoms with Crippen molar-refractivity contribution in [3.05, 3.63) is 70.6 Å². The molecule has 3 aromatic rings. The van der Waals surface area contributed by atoms with Gasteiger partial charge in [-0.2, -0.15) is 5.10 Å². The summed E-state index contributed by atoms with van der Waals surface area (Å²) in [6.45, 7) is 0.503. The Bertz CT molecular complexity index is 847. The normalized spacial score (nSPS) is 10.8. The van der Waals surface area contributed by atoms with Crippen LogP contribution in [-0.4, -0.2) is 26.9 Å². The van der Waals surface area contributed by atoms with Gasteiger partial charge in [0.05, 0.1) is 11.6 Å². The lowest BCUT2D eigenvalue weighted by molar-refractivity contribution is 0.426. The van der Waals surface area contributed by atoms with Crippen LogP contribution in [0.25, 0.3) is 10.8 Å². The fraction of sp³-hybridized carbons (Fsp3) is 0.125. The molecule has 0 saturated heterocycles. The van der Waals surface area contributed by atoms with Crippen LogP contribution in [0.3, 0.4) is 0 Å². The monoisotopic (exact) mass is 294 g/mol. The van der Waals surface area contributed by atoms with Crippen molar-refractivity contribution in [2.75, 3.05) is 0 Å². The van der Waals surface area contributed by atoms with Crippen molar-refractivity contribution in [2.45, 2.75) is 13.0 Å². The summed E-state index contributed by atoms with van der Waals surface area (Å²) in [5, 5.41) is 23.6. The fourth-order valence-electron chi connectivity index (χ4n) is 2.41. The largest absolute Gasteiger partial charge is 0.488 e. The molecule has 0 aliphatic heterocycles. The van der Waals surface area contributed by atoms with E-state index in [9.17, 15) is 4.79 Å². The van der Waals surface area contributed by atoms with Gasteiger partial charge in [0.2, 0.25) is 0 Å². The summed E-state index contributed by atoms with van der Waals surface area (Å²) >= 11 is 0. The van der Waals surface area contributed by atoms with Gasteiger partial charge in [-0.15, -0.1) is 0 Å². The van der Waals surface area contributed by atoms with Crippen LogP contribution in [0.1, 0.15) is 5.56 Å². The number of fused-ring (bicyclic) bond motifs is 1. The van der Waals surface area contributed by atoms with Crippen molar-refractivity contribution in [1.82, 2.24) is 9.78 Å². The second-order valence-electron chi connectivity index (χ2n) is 5.13. The van der Waals surface area contributed by atoms with Crippen molar-refractivity contribution < 1.29 is 10.0 Å². The first-order valence-electron chi connectivity index (χ1n) is 7.05. The average Bonchev–Trinajstić information content (AvgIpc) is 2.55. The Kier molecular flexibility index (Phi) is 4.04. The lowest BCUT2D eigenvalue weighted by Crippen LogP contribution is -2.30. The first-order chi connectivity index (χ1) is 10.6. The molecule has 3 rings (SSSR count). The van der Waals surface area contributed by atoms with Gasteiger partial charge in [-0.1, -0.05) is 42.5 Å². The van der Waals surface area contributed by atoms with Gasteiger partial charge in [0.25, 0.3) is 5.56 Å². The van der Waals surface area contributed by atoms with E-state index < -0.39 is 7.12 Å². The third kappa shape index (κ3) is 2.93. The van der Waals surface area contributed by atoms with Gasteiger partial charge in [0.1, 0.15) is 0 Å². The lowest BCUT2D eigenvalue weighted by atomic mass is 9.80. The summed E-state index contributed by atoms with van der Waals surface area (Å²) in [5.41, 5.74) is 1.32. The number of rotatable bonds is 4. The average molecular weight is 294 g/mol. The van der Waals surface area contributed by atoms with Crippen LogP contribution in [0.4, 0.5) is 0 Å². The fourth-order valence-corrected chi connectivity index (χ4v) is 2.41. The standard InChI is InChI=1S/C16H15BN2O3/c20-16-15-7-6-14(17(21)22)10-13(15)11-18-19(16)9-8-12-4-2-1-3-5-12/h1-7,10-11,21-22H,8-9H2. The molecule has 110 valence electrons. The van der Waals surface area contributed by atoms with Crippen LogP contribution >= 0.6 is 0 Å². The van der Waals surface area contributed by atoms with E-state index in [1.807, 2.05) is 30.3 Å². The molecule has 0 fully saturated rings. The first kappa shape index (κ1) is 14.5. The van der Waals surface area contributed by atoms with E-state index in [1.54, 1.807) is 18.3 Å². The maximum atomic E-state index is 12.4. The van der Waals surface area contributed by atoms with Crippen LogP contribution in [0.2, 0.25) is 0 Å². The summed E-state index contributed by atoms with van der Waals surface area (Å²) in [5.74, 6) is 0. The van der Waals surface area contributed by atoms with Gasteiger partial charge < -0.3 is 10.0 Å². The maximum Gasteiger partial charge on any atom is 0.488 e. The number of nitrogens with zero attached hydrogens (tertiary/aromatic N) is 2. The molecular weight excluding hydrogens is 279 g/mol. The Morgan fingerprint density at radius 1 is 1.09 bits per heavy atom. The van der Waals surface area contributed by atoms with E-state index in [2.05, 4.69) is 5.10 Å². The predicted octanol–water partition coefficient (Wildman–Crippen LogP) is 0.319. The minimum Gasteiger partial charge on any atom is -0.423 e. The van der Waals surface area contributed by atoms with Crippen molar-refractivity contribution >= 4 is 23.4 Å². The van der Waals surface area contributed by atoms with Gasteiger partial charge in [0.15, 0.2) is 0 Å². The number of aromatic nitrogens is 2. The molecule has 0 aliphatic rings. The third-order valence-corrected chi connectivity index (χ3v) is 3.63. The molecule has 0 unspecified atom stereocenters. The quantitative estimate of drug-likeness (QED) is 0.680. The Labute approximate surface area is 127 Å². The van der Waals surface area contributed by atoms with Gasteiger partial charge in [-0.25, -0.2) is 4.68 Å². The number of benzene rings is 2. The summed E-state index contributed by atoms with van der Waals surface area (Å²) in [4.78, 5) is 12.4. The van der Waals surface area contributed by atoms with Crippen LogP contribution < -0.4 is 11.0 Å². The zero-order valence-electron chi connectivity index (χ0n) is 11.9. The van der Waals surface area contributed by atoms with E-state index in [-0.39, 0.29) is 5.56 Å². The molecule has 0 amide bonds. The molecule has 2 aromatic carbocycles. The molecule has 0 aliphatic carbocycles. The summed E-state index contributed by atoms with van der Waals surface area (Å²) < 4.78 is 1.43. The molecule has 1 heterocycles. The van der Waals surface area contributed by atoms with Gasteiger partial charge in [-0.05, 0) is 23.5 Å². The lowest BCUT2D eigenvalue weighted by Gasteiger charge is -2.07. The topological polar surface area (TPSA) is 75.3 Å². The molecule has 1 aromatic heterocycles. The molecule has 5 nitrogen and oxygen atoms in total. The van der Waals surface area contributed by atoms with Gasteiger partial charge >= 0.3 is 7.12 Å². The Morgan fingerprint density at radius 2 is 1.86 bits per heavy atom. The zero-order valence-corrected chi connectivity index (χ0v) is 11.9. The molecule has 6 heteroatoms. The first-order valence-corrected chi connectivity index (χ1v) is 7.05. The summed E-state index contributed by atoms with van der Waals surface area (Å²) in [7, 11) is -1.55. The van der Waals surface area contributed by atoms with Gasteiger partial charge in [0, 0.05) is 11.9 Å². The molecular formula is C16H15BN2O3. The number of hydrogen-bond donors (Lipinski definition) is 2. The van der Waals surface area contributed by atoms with Crippen molar-refractivity contribution in [1.29, 1.82) is 0 Å². The molecule has 0 saturated carbocycles. The molecule has 22 heavy (non-hydrogen) atoms. The van der Waals surface area contributed by atoms with Gasteiger partial charge in [-0.3, -0.25) is 4.79 Å². The predicted molar refractivity (Wildman–Crippen MR) is 86.0 cm³/mol. The second kappa shape index (κ2) is 6.13. The van der Waals surface area contributed by atoms with Crippen LogP contribution in [0, 0.1) is 0 Å². The smallest absolute Gasteiger partial charge is 0.423 e. The highest BCUT2D eigenvalue weighted by molar-refractivity contribution is 6.58. The summed E-state index contributed by atoms with van der Waals surface area (Å²) in [6.07, 6.45) is 2.31. The summed E-state index contributed by atoms with van der Waals surface area (Å²) in [6, 6.07) is 14.6. The maximum absolute atomic E-state index is 12.4. The highest BCUT2D eigenvalue weighted by Gasteiger charge is 2.12. The third-order valence-electron chi connectivity index (χ3n) is 3.63. The minimum absolute atomic E-state index is 0.174. The zero-order chi connectivity index (χ0) is 15.5. The van der Waals surface area contributed by atoms with E-state index in [1.165, 1.54) is 10.7 Å². The van der Waals surface area contributed by atoms with Crippen LogP contribution in [-0.2, 0) is 13.0 Å². The SMILES string of the molecule is O=c1c2ccc(B(O)O)cc2cnn1CCc1ccccc1. The number of aryl methyl sites for hydroxylation is 2. The van der Waals surface area contributed by atoms with Crippen molar-refractivity contribution in [3.8, 4) is 0 Å². The molecule has 0 bridgehead atoms. The van der Waals surface area contributed by atoms with Crippen molar-refractivity contribution in [2.24, 2.45) is 0 Å². The van der Waals surface area contributed by atoms with E-state index in [0.717, 1.165) is 12.0 Å².